The predicted molar refractivity (Wildman–Crippen MR) is 141 cm³/mol. The highest BCUT2D eigenvalue weighted by Gasteiger charge is 2.20. The average Bonchev–Trinajstić information content (AvgIpc) is 2.83. The number of amides is 1. The fourth-order valence-corrected chi connectivity index (χ4v) is 3.56. The molecule has 11 heteroatoms. The van der Waals surface area contributed by atoms with Crippen LogP contribution in [0.5, 0.6) is 5.75 Å². The zero-order valence-electron chi connectivity index (χ0n) is 19.5. The lowest BCUT2D eigenvalue weighted by atomic mass is 9.92. The van der Waals surface area contributed by atoms with Crippen molar-refractivity contribution in [2.45, 2.75) is 0 Å². The molecule has 10 nitrogen and oxygen atoms in total. The number of anilines is 1. The third-order valence-electron chi connectivity index (χ3n) is 5.14. The lowest BCUT2D eigenvalue weighted by Gasteiger charge is -2.14. The maximum atomic E-state index is 13.1. The Bertz CT molecular complexity index is 1610. The number of carbonyl (C=O) groups excluding carboxylic acids is 1. The van der Waals surface area contributed by atoms with Gasteiger partial charge in [0, 0.05) is 22.2 Å². The van der Waals surface area contributed by atoms with Gasteiger partial charge in [0.2, 0.25) is 0 Å². The first-order valence-electron chi connectivity index (χ1n) is 10.6. The van der Waals surface area contributed by atoms with Crippen molar-refractivity contribution in [1.29, 1.82) is 5.41 Å². The number of carboxylic acids is 1. The van der Waals surface area contributed by atoms with Crippen LogP contribution in [0.25, 0.3) is 21.9 Å². The summed E-state index contributed by atoms with van der Waals surface area (Å²) in [4.78, 5) is 25.1. The molecule has 0 spiro atoms. The van der Waals surface area contributed by atoms with E-state index in [0.717, 1.165) is 0 Å². The fourth-order valence-electron chi connectivity index (χ4n) is 3.56. The molecule has 0 unspecified atom stereocenters. The first-order chi connectivity index (χ1) is 17.3. The molecule has 1 amide bonds. The van der Waals surface area contributed by atoms with E-state index in [0.29, 0.717) is 45.0 Å². The van der Waals surface area contributed by atoms with Crippen LogP contribution >= 0.6 is 0 Å². The van der Waals surface area contributed by atoms with Crippen LogP contribution in [0.15, 0.2) is 78.9 Å². The van der Waals surface area contributed by atoms with E-state index in [-0.39, 0.29) is 17.1 Å². The number of fused-ring (bicyclic) bond motifs is 1. The first kappa shape index (κ1) is 26.9. The molecule has 0 saturated carbocycles. The van der Waals surface area contributed by atoms with Crippen molar-refractivity contribution < 1.29 is 32.8 Å². The topological polar surface area (TPSA) is 191 Å². The molecule has 37 heavy (non-hydrogen) atoms. The molecule has 4 aromatic rings. The van der Waals surface area contributed by atoms with E-state index >= 15 is 0 Å². The highest BCUT2D eigenvalue weighted by Crippen LogP contribution is 2.34. The van der Waals surface area contributed by atoms with Crippen molar-refractivity contribution in [1.82, 2.24) is 0 Å². The number of aromatic hydroxyl groups is 1. The van der Waals surface area contributed by atoms with Crippen LogP contribution in [-0.4, -0.2) is 47.2 Å². The van der Waals surface area contributed by atoms with Gasteiger partial charge >= 0.3 is 5.97 Å². The van der Waals surface area contributed by atoms with Crippen LogP contribution in [0.1, 0.15) is 26.3 Å². The molecular formula is C26H23N3O7S. The molecule has 0 heterocycles. The molecule has 4 aromatic carbocycles. The van der Waals surface area contributed by atoms with Crippen molar-refractivity contribution in [3.8, 4) is 16.9 Å². The average molecular weight is 522 g/mol. The van der Waals surface area contributed by atoms with Crippen LogP contribution in [0.4, 0.5) is 5.69 Å². The van der Waals surface area contributed by atoms with E-state index in [9.17, 15) is 28.2 Å². The molecule has 0 aliphatic heterocycles. The van der Waals surface area contributed by atoms with Crippen LogP contribution in [0, 0.1) is 5.41 Å². The molecule has 0 bridgehead atoms. The summed E-state index contributed by atoms with van der Waals surface area (Å²) in [5.41, 5.74) is 7.60. The Hall–Kier alpha value is -4.74. The van der Waals surface area contributed by atoms with E-state index in [1.807, 2.05) is 0 Å². The Morgan fingerprint density at radius 1 is 0.892 bits per heavy atom. The minimum absolute atomic E-state index is 0.0171. The summed E-state index contributed by atoms with van der Waals surface area (Å²) in [6.07, 6.45) is 0.715. The largest absolute Gasteiger partial charge is 0.507 e. The normalized spacial score (nSPS) is 10.8. The lowest BCUT2D eigenvalue weighted by Crippen LogP contribution is -2.14. The lowest BCUT2D eigenvalue weighted by molar-refractivity contribution is 0.0697. The second-order valence-electron chi connectivity index (χ2n) is 7.92. The molecular weight excluding hydrogens is 498 g/mol. The summed E-state index contributed by atoms with van der Waals surface area (Å²) >= 11 is 0. The predicted octanol–water partition coefficient (Wildman–Crippen LogP) is 3.95. The quantitative estimate of drug-likeness (QED) is 0.129. The van der Waals surface area contributed by atoms with Crippen LogP contribution < -0.4 is 11.1 Å². The van der Waals surface area contributed by atoms with Gasteiger partial charge in [-0.2, -0.15) is 8.42 Å². The van der Waals surface area contributed by atoms with E-state index in [1.165, 1.54) is 12.1 Å². The molecule has 0 fully saturated rings. The van der Waals surface area contributed by atoms with Gasteiger partial charge in [-0.25, -0.2) is 4.79 Å². The number of carbonyl (C=O) groups is 2. The van der Waals surface area contributed by atoms with Crippen molar-refractivity contribution in [2.75, 3.05) is 11.6 Å². The van der Waals surface area contributed by atoms with Crippen LogP contribution in [-0.2, 0) is 10.1 Å². The van der Waals surface area contributed by atoms with Gasteiger partial charge in [-0.15, -0.1) is 0 Å². The maximum absolute atomic E-state index is 13.1. The number of hydrogen-bond acceptors (Lipinski definition) is 6. The minimum Gasteiger partial charge on any atom is -0.507 e. The monoisotopic (exact) mass is 521 g/mol. The van der Waals surface area contributed by atoms with Crippen molar-refractivity contribution in [3.05, 3.63) is 95.6 Å². The van der Waals surface area contributed by atoms with Crippen molar-refractivity contribution in [3.63, 3.8) is 0 Å². The Labute approximate surface area is 212 Å². The van der Waals surface area contributed by atoms with Gasteiger partial charge in [0.15, 0.2) is 0 Å². The Morgan fingerprint density at radius 3 is 2.11 bits per heavy atom. The number of nitrogens with two attached hydrogens (primary N) is 1. The molecule has 7 N–H and O–H groups in total. The fraction of sp³-hybridized carbons (Fsp3) is 0.0385. The second-order valence-corrected chi connectivity index (χ2v) is 9.39. The Morgan fingerprint density at radius 2 is 1.51 bits per heavy atom. The maximum Gasteiger partial charge on any atom is 0.336 e. The summed E-state index contributed by atoms with van der Waals surface area (Å²) < 4.78 is 25.9. The molecule has 0 aliphatic rings. The number of aromatic carboxylic acids is 1. The number of nitrogens with one attached hydrogen (secondary N) is 2. The summed E-state index contributed by atoms with van der Waals surface area (Å²) in [5, 5.41) is 31.2. The number of phenolic OH excluding ortho intramolecular Hbond substituents is 1. The number of hydrogen-bond donors (Lipinski definition) is 6. The number of amidine groups is 1. The number of benzene rings is 4. The third-order valence-corrected chi connectivity index (χ3v) is 5.14. The number of phenols is 1. The van der Waals surface area contributed by atoms with Gasteiger partial charge < -0.3 is 21.3 Å². The zero-order valence-corrected chi connectivity index (χ0v) is 20.3. The van der Waals surface area contributed by atoms with Gasteiger partial charge in [-0.1, -0.05) is 30.3 Å². The molecule has 190 valence electrons. The molecule has 4 rings (SSSR count). The van der Waals surface area contributed by atoms with Crippen LogP contribution in [0.3, 0.4) is 0 Å². The molecule has 0 saturated heterocycles. The van der Waals surface area contributed by atoms with Crippen molar-refractivity contribution in [2.24, 2.45) is 5.73 Å². The van der Waals surface area contributed by atoms with E-state index in [4.69, 9.17) is 15.7 Å². The number of carboxylic acid groups (broad SMARTS) is 1. The van der Waals surface area contributed by atoms with Gasteiger partial charge in [0.1, 0.15) is 11.6 Å². The summed E-state index contributed by atoms with van der Waals surface area (Å²) in [6, 6.07) is 21.3. The summed E-state index contributed by atoms with van der Waals surface area (Å²) in [7, 11) is -3.67. The van der Waals surface area contributed by atoms with E-state index in [1.54, 1.807) is 66.7 Å². The van der Waals surface area contributed by atoms with Crippen molar-refractivity contribution >= 4 is 44.3 Å². The van der Waals surface area contributed by atoms with E-state index < -0.39 is 22.0 Å². The standard InChI is InChI=1S/C25H19N3O4.CH4O3S/c26-23(27)14-8-10-16(11-9-14)28-24(30)18-6-2-1-5-17(18)20-12-15-4-3-7-22(29)19(15)13-21(20)25(31)32;1-5(2,3)4/h1-13,29H,(H3,26,27)(H,28,30)(H,31,32);1H3,(H,2,3,4). The Balaban J connectivity index is 0.000000695. The highest BCUT2D eigenvalue weighted by atomic mass is 32.2. The minimum atomic E-state index is -3.67. The second kappa shape index (κ2) is 10.9. The van der Waals surface area contributed by atoms with Gasteiger partial charge in [-0.3, -0.25) is 14.8 Å². The zero-order chi connectivity index (χ0) is 27.3. The SMILES string of the molecule is CS(=O)(=O)O.N=C(N)c1ccc(NC(=O)c2ccccc2-c2cc3cccc(O)c3cc2C(=O)O)cc1. The molecule has 0 radical (unpaired) electrons. The van der Waals surface area contributed by atoms with Gasteiger partial charge in [0.05, 0.1) is 11.8 Å². The molecule has 0 atom stereocenters. The third kappa shape index (κ3) is 6.90. The van der Waals surface area contributed by atoms with Gasteiger partial charge in [-0.05, 0) is 65.0 Å². The smallest absolute Gasteiger partial charge is 0.336 e. The van der Waals surface area contributed by atoms with Gasteiger partial charge in [0.25, 0.3) is 16.0 Å². The Kier molecular flexibility index (Phi) is 7.91. The number of rotatable bonds is 5. The first-order valence-corrected chi connectivity index (χ1v) is 12.5. The van der Waals surface area contributed by atoms with E-state index in [2.05, 4.69) is 5.32 Å². The number of nitrogen functional groups attached to an aromatic ring is 1. The summed E-state index contributed by atoms with van der Waals surface area (Å²) in [6.45, 7) is 0. The molecule has 0 aliphatic carbocycles. The highest BCUT2D eigenvalue weighted by molar-refractivity contribution is 7.85. The van der Waals surface area contributed by atoms with Crippen LogP contribution in [0.2, 0.25) is 0 Å². The summed E-state index contributed by atoms with van der Waals surface area (Å²) in [5.74, 6) is -1.67. The molecule has 0 aromatic heterocycles.